The number of hydrogen-bond acceptors (Lipinski definition) is 5. The van der Waals surface area contributed by atoms with E-state index in [1.165, 1.54) is 4.70 Å². The maximum absolute atomic E-state index is 11.9. The van der Waals surface area contributed by atoms with Gasteiger partial charge in [-0.25, -0.2) is 4.98 Å². The summed E-state index contributed by atoms with van der Waals surface area (Å²) in [4.78, 5) is 23.0. The summed E-state index contributed by atoms with van der Waals surface area (Å²) in [6, 6.07) is 2.27. The van der Waals surface area contributed by atoms with E-state index in [0.29, 0.717) is 0 Å². The third kappa shape index (κ3) is 2.72. The van der Waals surface area contributed by atoms with Crippen molar-refractivity contribution >= 4 is 32.6 Å². The Hall–Kier alpha value is -1.69. The third-order valence-corrected chi connectivity index (χ3v) is 5.26. The van der Waals surface area contributed by atoms with Gasteiger partial charge < -0.3 is 10.2 Å². The lowest BCUT2D eigenvalue weighted by atomic mass is 10.1. The van der Waals surface area contributed by atoms with Crippen molar-refractivity contribution in [2.45, 2.75) is 31.7 Å². The molecule has 0 radical (unpaired) electrons. The molecular weight excluding hydrogens is 284 g/mol. The number of carbonyl (C=O) groups is 1. The highest BCUT2D eigenvalue weighted by atomic mass is 32.1. The first-order valence-corrected chi connectivity index (χ1v) is 8.37. The topological polar surface area (TPSA) is 58.1 Å². The van der Waals surface area contributed by atoms with Gasteiger partial charge in [0, 0.05) is 31.2 Å². The van der Waals surface area contributed by atoms with Crippen LogP contribution in [0.1, 0.15) is 25.7 Å². The van der Waals surface area contributed by atoms with Crippen LogP contribution in [0.25, 0.3) is 10.2 Å². The van der Waals surface area contributed by atoms with Crippen LogP contribution in [-0.4, -0.2) is 35.0 Å². The standard InChI is InChI=1S/C15H18N4OS/c20-14(10-3-4-10)17-11-2-1-7-19(9-11)15-18-12-8-16-6-5-13(12)21-15/h5-6,8,10-11H,1-4,7,9H2,(H,17,20). The van der Waals surface area contributed by atoms with Crippen molar-refractivity contribution < 1.29 is 4.79 Å². The van der Waals surface area contributed by atoms with Crippen LogP contribution in [0, 0.1) is 5.92 Å². The molecule has 1 amide bonds. The van der Waals surface area contributed by atoms with E-state index in [0.717, 1.165) is 49.4 Å². The molecule has 2 aliphatic rings. The summed E-state index contributed by atoms with van der Waals surface area (Å²) in [6.45, 7) is 1.88. The summed E-state index contributed by atoms with van der Waals surface area (Å²) in [5, 5.41) is 4.24. The molecule has 2 aromatic rings. The van der Waals surface area contributed by atoms with Crippen LogP contribution in [-0.2, 0) is 4.79 Å². The summed E-state index contributed by atoms with van der Waals surface area (Å²) in [7, 11) is 0. The Labute approximate surface area is 127 Å². The first-order valence-electron chi connectivity index (χ1n) is 7.55. The van der Waals surface area contributed by atoms with E-state index in [1.54, 1.807) is 17.5 Å². The van der Waals surface area contributed by atoms with Crippen molar-refractivity contribution in [3.8, 4) is 0 Å². The van der Waals surface area contributed by atoms with E-state index >= 15 is 0 Å². The molecule has 1 unspecified atom stereocenters. The second kappa shape index (κ2) is 5.26. The monoisotopic (exact) mass is 302 g/mol. The SMILES string of the molecule is O=C(NC1CCCN(c2nc3cnccc3s2)C1)C1CC1. The molecule has 21 heavy (non-hydrogen) atoms. The molecule has 6 heteroatoms. The van der Waals surface area contributed by atoms with Gasteiger partial charge >= 0.3 is 0 Å². The van der Waals surface area contributed by atoms with Gasteiger partial charge in [-0.1, -0.05) is 11.3 Å². The van der Waals surface area contributed by atoms with Crippen molar-refractivity contribution in [1.82, 2.24) is 15.3 Å². The molecule has 0 bridgehead atoms. The van der Waals surface area contributed by atoms with Gasteiger partial charge in [0.15, 0.2) is 5.13 Å². The fourth-order valence-electron chi connectivity index (χ4n) is 2.84. The second-order valence-corrected chi connectivity index (χ2v) is 6.92. The first kappa shape index (κ1) is 13.0. The van der Waals surface area contributed by atoms with E-state index in [4.69, 9.17) is 0 Å². The molecule has 1 atom stereocenters. The number of nitrogens with zero attached hydrogens (tertiary/aromatic N) is 3. The highest BCUT2D eigenvalue weighted by molar-refractivity contribution is 7.22. The van der Waals surface area contributed by atoms with E-state index in [2.05, 4.69) is 20.2 Å². The number of carbonyl (C=O) groups excluding carboxylic acids is 1. The predicted molar refractivity (Wildman–Crippen MR) is 83.5 cm³/mol. The molecule has 0 spiro atoms. The molecule has 1 aliphatic carbocycles. The quantitative estimate of drug-likeness (QED) is 0.944. The summed E-state index contributed by atoms with van der Waals surface area (Å²) in [5.41, 5.74) is 0.960. The fourth-order valence-corrected chi connectivity index (χ4v) is 3.80. The zero-order valence-corrected chi connectivity index (χ0v) is 12.6. The summed E-state index contributed by atoms with van der Waals surface area (Å²) in [6.07, 6.45) is 7.91. The van der Waals surface area contributed by atoms with Crippen molar-refractivity contribution in [2.24, 2.45) is 5.92 Å². The first-order chi connectivity index (χ1) is 10.3. The lowest BCUT2D eigenvalue weighted by Crippen LogP contribution is -2.48. The highest BCUT2D eigenvalue weighted by Gasteiger charge is 2.32. The van der Waals surface area contributed by atoms with Gasteiger partial charge in [0.25, 0.3) is 0 Å². The zero-order valence-electron chi connectivity index (χ0n) is 11.8. The minimum Gasteiger partial charge on any atom is -0.351 e. The summed E-state index contributed by atoms with van der Waals surface area (Å²) < 4.78 is 1.17. The van der Waals surface area contributed by atoms with Crippen LogP contribution in [0.5, 0.6) is 0 Å². The lowest BCUT2D eigenvalue weighted by Gasteiger charge is -2.33. The molecule has 2 fully saturated rings. The van der Waals surface area contributed by atoms with Gasteiger partial charge in [0.1, 0.15) is 5.52 Å². The van der Waals surface area contributed by atoms with Gasteiger partial charge in [0.05, 0.1) is 10.9 Å². The predicted octanol–water partition coefficient (Wildman–Crippen LogP) is 2.19. The molecule has 1 saturated heterocycles. The third-order valence-electron chi connectivity index (χ3n) is 4.17. The Bertz CT molecular complexity index is 633. The summed E-state index contributed by atoms with van der Waals surface area (Å²) >= 11 is 1.71. The van der Waals surface area contributed by atoms with Crippen LogP contribution in [0.4, 0.5) is 5.13 Å². The summed E-state index contributed by atoms with van der Waals surface area (Å²) in [5.74, 6) is 0.532. The molecular formula is C15H18N4OS. The number of anilines is 1. The largest absolute Gasteiger partial charge is 0.351 e. The van der Waals surface area contributed by atoms with Crippen LogP contribution < -0.4 is 10.2 Å². The molecule has 3 heterocycles. The number of thiazole rings is 1. The highest BCUT2D eigenvalue weighted by Crippen LogP contribution is 2.31. The molecule has 110 valence electrons. The normalized spacial score (nSPS) is 22.5. The van der Waals surface area contributed by atoms with Gasteiger partial charge in [-0.2, -0.15) is 0 Å². The second-order valence-electron chi connectivity index (χ2n) is 5.91. The molecule has 2 aromatic heterocycles. The number of aromatic nitrogens is 2. The maximum Gasteiger partial charge on any atom is 0.223 e. The minimum absolute atomic E-state index is 0.246. The Kier molecular flexibility index (Phi) is 3.25. The molecule has 5 nitrogen and oxygen atoms in total. The van der Waals surface area contributed by atoms with E-state index in [1.807, 2.05) is 12.3 Å². The van der Waals surface area contributed by atoms with Crippen molar-refractivity contribution in [2.75, 3.05) is 18.0 Å². The number of amides is 1. The Balaban J connectivity index is 1.47. The van der Waals surface area contributed by atoms with Gasteiger partial charge in [-0.3, -0.25) is 9.78 Å². The van der Waals surface area contributed by atoms with Crippen LogP contribution >= 0.6 is 11.3 Å². The van der Waals surface area contributed by atoms with Gasteiger partial charge in [-0.05, 0) is 31.7 Å². The Morgan fingerprint density at radius 1 is 1.38 bits per heavy atom. The number of nitrogens with one attached hydrogen (secondary N) is 1. The average molecular weight is 302 g/mol. The van der Waals surface area contributed by atoms with Crippen LogP contribution in [0.2, 0.25) is 0 Å². The molecule has 1 saturated carbocycles. The fraction of sp³-hybridized carbons (Fsp3) is 0.533. The minimum atomic E-state index is 0.246. The molecule has 1 aliphatic heterocycles. The van der Waals surface area contributed by atoms with Gasteiger partial charge in [-0.15, -0.1) is 0 Å². The molecule has 1 N–H and O–H groups in total. The number of hydrogen-bond donors (Lipinski definition) is 1. The van der Waals surface area contributed by atoms with Gasteiger partial charge in [0.2, 0.25) is 5.91 Å². The van der Waals surface area contributed by atoms with Crippen LogP contribution in [0.15, 0.2) is 18.5 Å². The smallest absolute Gasteiger partial charge is 0.223 e. The number of piperidine rings is 1. The Morgan fingerprint density at radius 2 is 2.29 bits per heavy atom. The lowest BCUT2D eigenvalue weighted by molar-refractivity contribution is -0.123. The molecule has 0 aromatic carbocycles. The number of rotatable bonds is 3. The van der Waals surface area contributed by atoms with E-state index < -0.39 is 0 Å². The Morgan fingerprint density at radius 3 is 3.10 bits per heavy atom. The van der Waals surface area contributed by atoms with Crippen LogP contribution in [0.3, 0.4) is 0 Å². The van der Waals surface area contributed by atoms with Crippen molar-refractivity contribution in [1.29, 1.82) is 0 Å². The zero-order chi connectivity index (χ0) is 14.2. The maximum atomic E-state index is 11.9. The van der Waals surface area contributed by atoms with Crippen molar-refractivity contribution in [3.63, 3.8) is 0 Å². The number of fused-ring (bicyclic) bond motifs is 1. The van der Waals surface area contributed by atoms with E-state index in [-0.39, 0.29) is 17.9 Å². The van der Waals surface area contributed by atoms with Crippen molar-refractivity contribution in [3.05, 3.63) is 18.5 Å². The average Bonchev–Trinajstić information content (AvgIpc) is 3.26. The molecule has 4 rings (SSSR count). The van der Waals surface area contributed by atoms with E-state index in [9.17, 15) is 4.79 Å². The number of pyridine rings is 1.